The van der Waals surface area contributed by atoms with E-state index in [0.29, 0.717) is 11.2 Å². The Labute approximate surface area is 141 Å². The molecule has 3 rings (SSSR count). The summed E-state index contributed by atoms with van der Waals surface area (Å²) in [6, 6.07) is 1.57. The first-order valence-electron chi connectivity index (χ1n) is 8.49. The number of rotatable bonds is 1. The molecule has 1 aromatic rings. The highest BCUT2D eigenvalue weighted by molar-refractivity contribution is 5.38. The van der Waals surface area contributed by atoms with Crippen LogP contribution < -0.4 is 4.90 Å². The summed E-state index contributed by atoms with van der Waals surface area (Å²) >= 11 is 0. The standard InChI is InChI=1S/C17H25F3N4/c1-15(2,3)24-11-7-16(12-24)5-9-23(10-6-16)13-4-8-21-14(22-13)17(18,19)20/h4,8H,5-7,9-12H2,1-3H3. The number of aromatic nitrogens is 2. The van der Waals surface area contributed by atoms with Crippen LogP contribution in [0.3, 0.4) is 0 Å². The van der Waals surface area contributed by atoms with Crippen molar-refractivity contribution in [2.75, 3.05) is 31.1 Å². The van der Waals surface area contributed by atoms with Gasteiger partial charge < -0.3 is 4.90 Å². The molecule has 0 atom stereocenters. The minimum Gasteiger partial charge on any atom is -0.356 e. The lowest BCUT2D eigenvalue weighted by Gasteiger charge is -2.41. The summed E-state index contributed by atoms with van der Waals surface area (Å²) in [6.07, 6.45) is -0.107. The van der Waals surface area contributed by atoms with Gasteiger partial charge in [-0.2, -0.15) is 13.2 Å². The van der Waals surface area contributed by atoms with Crippen LogP contribution in [0.15, 0.2) is 12.3 Å². The van der Waals surface area contributed by atoms with E-state index in [2.05, 4.69) is 35.6 Å². The Kier molecular flexibility index (Phi) is 4.26. The third-order valence-corrected chi connectivity index (χ3v) is 5.43. The molecule has 24 heavy (non-hydrogen) atoms. The maximum atomic E-state index is 12.8. The second-order valence-corrected chi connectivity index (χ2v) is 8.07. The van der Waals surface area contributed by atoms with Gasteiger partial charge in [0.2, 0.25) is 5.82 Å². The summed E-state index contributed by atoms with van der Waals surface area (Å²) in [5.74, 6) is -0.669. The molecule has 3 heterocycles. The Morgan fingerprint density at radius 1 is 1.04 bits per heavy atom. The van der Waals surface area contributed by atoms with Crippen LogP contribution in [-0.2, 0) is 6.18 Å². The van der Waals surface area contributed by atoms with Gasteiger partial charge in [-0.05, 0) is 58.1 Å². The topological polar surface area (TPSA) is 32.3 Å². The molecule has 0 unspecified atom stereocenters. The zero-order valence-corrected chi connectivity index (χ0v) is 14.5. The van der Waals surface area contributed by atoms with E-state index >= 15 is 0 Å². The van der Waals surface area contributed by atoms with Crippen molar-refractivity contribution in [1.29, 1.82) is 0 Å². The van der Waals surface area contributed by atoms with Crippen LogP contribution >= 0.6 is 0 Å². The lowest BCUT2D eigenvalue weighted by atomic mass is 9.77. The number of hydrogen-bond acceptors (Lipinski definition) is 4. The molecule has 134 valence electrons. The van der Waals surface area contributed by atoms with E-state index in [1.54, 1.807) is 6.07 Å². The first-order chi connectivity index (χ1) is 11.1. The van der Waals surface area contributed by atoms with Gasteiger partial charge in [-0.15, -0.1) is 0 Å². The van der Waals surface area contributed by atoms with Crippen LogP contribution in [0.4, 0.5) is 19.0 Å². The van der Waals surface area contributed by atoms with Gasteiger partial charge in [0.05, 0.1) is 0 Å². The first-order valence-corrected chi connectivity index (χ1v) is 8.49. The normalized spacial score (nSPS) is 22.3. The van der Waals surface area contributed by atoms with Gasteiger partial charge in [0.25, 0.3) is 0 Å². The van der Waals surface area contributed by atoms with Crippen LogP contribution in [-0.4, -0.2) is 46.6 Å². The van der Waals surface area contributed by atoms with Crippen molar-refractivity contribution in [3.63, 3.8) is 0 Å². The predicted octanol–water partition coefficient (Wildman–Crippen LogP) is 3.59. The smallest absolute Gasteiger partial charge is 0.356 e. The van der Waals surface area contributed by atoms with Crippen molar-refractivity contribution >= 4 is 5.82 Å². The summed E-state index contributed by atoms with van der Waals surface area (Å²) < 4.78 is 38.3. The molecule has 2 aliphatic heterocycles. The minimum atomic E-state index is -4.49. The van der Waals surface area contributed by atoms with Crippen LogP contribution in [0.25, 0.3) is 0 Å². The van der Waals surface area contributed by atoms with Crippen LogP contribution in [0.5, 0.6) is 0 Å². The van der Waals surface area contributed by atoms with Gasteiger partial charge in [0.15, 0.2) is 0 Å². The van der Waals surface area contributed by atoms with E-state index < -0.39 is 12.0 Å². The Hall–Kier alpha value is -1.37. The number of hydrogen-bond donors (Lipinski definition) is 0. The zero-order chi connectivity index (χ0) is 17.6. The van der Waals surface area contributed by atoms with Gasteiger partial charge in [-0.3, -0.25) is 4.90 Å². The Morgan fingerprint density at radius 3 is 2.21 bits per heavy atom. The molecule has 0 aliphatic carbocycles. The number of piperidine rings is 1. The van der Waals surface area contributed by atoms with Crippen LogP contribution in [0.2, 0.25) is 0 Å². The predicted molar refractivity (Wildman–Crippen MR) is 86.9 cm³/mol. The third-order valence-electron chi connectivity index (χ3n) is 5.43. The molecule has 1 aromatic heterocycles. The lowest BCUT2D eigenvalue weighted by Crippen LogP contribution is -2.45. The molecule has 0 radical (unpaired) electrons. The molecule has 4 nitrogen and oxygen atoms in total. The minimum absolute atomic E-state index is 0.175. The average molecular weight is 342 g/mol. The van der Waals surface area contributed by atoms with Gasteiger partial charge in [0, 0.05) is 31.4 Å². The molecule has 0 amide bonds. The Bertz CT molecular complexity index is 586. The Morgan fingerprint density at radius 2 is 1.67 bits per heavy atom. The molecule has 1 spiro atoms. The number of anilines is 1. The molecule has 2 saturated heterocycles. The number of halogens is 3. The summed E-state index contributed by atoms with van der Waals surface area (Å²) in [5, 5.41) is 0. The summed E-state index contributed by atoms with van der Waals surface area (Å²) in [7, 11) is 0. The summed E-state index contributed by atoms with van der Waals surface area (Å²) in [6.45, 7) is 10.4. The van der Waals surface area contributed by atoms with Gasteiger partial charge >= 0.3 is 6.18 Å². The monoisotopic (exact) mass is 342 g/mol. The molecular weight excluding hydrogens is 317 g/mol. The fourth-order valence-electron chi connectivity index (χ4n) is 3.79. The van der Waals surface area contributed by atoms with Gasteiger partial charge in [-0.1, -0.05) is 0 Å². The maximum absolute atomic E-state index is 12.8. The zero-order valence-electron chi connectivity index (χ0n) is 14.5. The van der Waals surface area contributed by atoms with Crippen molar-refractivity contribution in [1.82, 2.24) is 14.9 Å². The fraction of sp³-hybridized carbons (Fsp3) is 0.765. The van der Waals surface area contributed by atoms with E-state index in [1.807, 2.05) is 4.90 Å². The molecular formula is C17H25F3N4. The molecule has 7 heteroatoms. The molecule has 2 aliphatic rings. The van der Waals surface area contributed by atoms with Gasteiger partial charge in [0.1, 0.15) is 5.82 Å². The van der Waals surface area contributed by atoms with Gasteiger partial charge in [-0.25, -0.2) is 9.97 Å². The second kappa shape index (κ2) is 5.86. The van der Waals surface area contributed by atoms with Crippen molar-refractivity contribution in [3.05, 3.63) is 18.1 Å². The van der Waals surface area contributed by atoms with Crippen molar-refractivity contribution in [2.45, 2.75) is 51.7 Å². The van der Waals surface area contributed by atoms with Crippen LogP contribution in [0.1, 0.15) is 45.9 Å². The molecule has 0 N–H and O–H groups in total. The fourth-order valence-corrected chi connectivity index (χ4v) is 3.79. The number of nitrogens with zero attached hydrogens (tertiary/aromatic N) is 4. The largest absolute Gasteiger partial charge is 0.451 e. The SMILES string of the molecule is CC(C)(C)N1CCC2(CCN(c3ccnc(C(F)(F)F)n3)CC2)C1. The Balaban J connectivity index is 1.66. The molecule has 2 fully saturated rings. The van der Waals surface area contributed by atoms with E-state index in [1.165, 1.54) is 12.6 Å². The summed E-state index contributed by atoms with van der Waals surface area (Å²) in [4.78, 5) is 11.5. The highest BCUT2D eigenvalue weighted by Crippen LogP contribution is 2.43. The van der Waals surface area contributed by atoms with Crippen molar-refractivity contribution in [3.8, 4) is 0 Å². The third kappa shape index (κ3) is 3.50. The van der Waals surface area contributed by atoms with Crippen LogP contribution in [0, 0.1) is 5.41 Å². The molecule has 0 bridgehead atoms. The highest BCUT2D eigenvalue weighted by Gasteiger charge is 2.43. The second-order valence-electron chi connectivity index (χ2n) is 8.07. The quantitative estimate of drug-likeness (QED) is 0.781. The van der Waals surface area contributed by atoms with E-state index in [-0.39, 0.29) is 5.54 Å². The van der Waals surface area contributed by atoms with E-state index in [4.69, 9.17) is 0 Å². The van der Waals surface area contributed by atoms with Crippen molar-refractivity contribution in [2.24, 2.45) is 5.41 Å². The lowest BCUT2D eigenvalue weighted by molar-refractivity contribution is -0.144. The van der Waals surface area contributed by atoms with E-state index in [9.17, 15) is 13.2 Å². The molecule has 0 aromatic carbocycles. The van der Waals surface area contributed by atoms with E-state index in [0.717, 1.165) is 39.0 Å². The average Bonchev–Trinajstić information content (AvgIpc) is 2.91. The van der Waals surface area contributed by atoms with Crippen molar-refractivity contribution < 1.29 is 13.2 Å². The molecule has 0 saturated carbocycles. The number of likely N-dealkylation sites (tertiary alicyclic amines) is 1. The maximum Gasteiger partial charge on any atom is 0.451 e. The summed E-state index contributed by atoms with van der Waals surface area (Å²) in [5.41, 5.74) is 0.485. The number of alkyl halides is 3. The highest BCUT2D eigenvalue weighted by atomic mass is 19.4. The first kappa shape index (κ1) is 17.5.